The summed E-state index contributed by atoms with van der Waals surface area (Å²) < 4.78 is 43.8. The van der Waals surface area contributed by atoms with Crippen molar-refractivity contribution >= 4 is 6.03 Å². The molecule has 1 fully saturated rings. The standard InChI is InChI=1S/C18H21F3N4O2/c1-24-9-3-6-14(24)15-7-4-10-25(15)17(26)23-11-13-5-2-8-22-16(13)27-12-18(19,20)21/h2-3,5-6,8-9,15H,4,7,10-12H2,1H3,(H,23,26). The number of nitrogens with one attached hydrogen (secondary N) is 1. The first kappa shape index (κ1) is 19.1. The van der Waals surface area contributed by atoms with Gasteiger partial charge in [-0.15, -0.1) is 0 Å². The third-order valence-electron chi connectivity index (χ3n) is 4.49. The summed E-state index contributed by atoms with van der Waals surface area (Å²) in [5.74, 6) is -0.129. The number of alkyl halides is 3. The molecule has 2 aromatic rings. The van der Waals surface area contributed by atoms with Gasteiger partial charge >= 0.3 is 12.2 Å². The third-order valence-corrected chi connectivity index (χ3v) is 4.49. The molecular weight excluding hydrogens is 361 g/mol. The SMILES string of the molecule is Cn1cccc1C1CCCN1C(=O)NCc1cccnc1OCC(F)(F)F. The zero-order valence-corrected chi connectivity index (χ0v) is 14.9. The van der Waals surface area contributed by atoms with Crippen molar-refractivity contribution in [3.63, 3.8) is 0 Å². The van der Waals surface area contributed by atoms with Gasteiger partial charge in [0.2, 0.25) is 5.88 Å². The van der Waals surface area contributed by atoms with E-state index in [2.05, 4.69) is 10.3 Å². The van der Waals surface area contributed by atoms with Crippen LogP contribution in [-0.2, 0) is 13.6 Å². The van der Waals surface area contributed by atoms with Gasteiger partial charge in [-0.05, 0) is 31.0 Å². The fourth-order valence-corrected chi connectivity index (χ4v) is 3.25. The molecule has 1 aliphatic rings. The van der Waals surface area contributed by atoms with E-state index in [0.29, 0.717) is 12.1 Å². The zero-order chi connectivity index (χ0) is 19.4. The Balaban J connectivity index is 1.63. The molecule has 0 bridgehead atoms. The molecular formula is C18H21F3N4O2. The minimum atomic E-state index is -4.45. The number of rotatable bonds is 5. The van der Waals surface area contributed by atoms with Gasteiger partial charge in [-0.3, -0.25) is 0 Å². The fourth-order valence-electron chi connectivity index (χ4n) is 3.25. The van der Waals surface area contributed by atoms with Crippen LogP contribution < -0.4 is 10.1 Å². The maximum atomic E-state index is 12.6. The van der Waals surface area contributed by atoms with E-state index >= 15 is 0 Å². The number of aryl methyl sites for hydroxylation is 1. The van der Waals surface area contributed by atoms with Gasteiger partial charge in [0, 0.05) is 43.8 Å². The lowest BCUT2D eigenvalue weighted by Gasteiger charge is -2.25. The maximum Gasteiger partial charge on any atom is 0.422 e. The summed E-state index contributed by atoms with van der Waals surface area (Å²) in [5, 5.41) is 2.77. The molecule has 1 N–H and O–H groups in total. The van der Waals surface area contributed by atoms with Crippen LogP contribution in [-0.4, -0.2) is 39.8 Å². The van der Waals surface area contributed by atoms with Crippen LogP contribution in [0, 0.1) is 0 Å². The quantitative estimate of drug-likeness (QED) is 0.862. The average molecular weight is 382 g/mol. The van der Waals surface area contributed by atoms with Crippen LogP contribution in [0.25, 0.3) is 0 Å². The predicted octanol–water partition coefficient (Wildman–Crippen LogP) is 3.41. The van der Waals surface area contributed by atoms with Crippen molar-refractivity contribution in [2.24, 2.45) is 7.05 Å². The van der Waals surface area contributed by atoms with Crippen LogP contribution in [0.15, 0.2) is 36.7 Å². The van der Waals surface area contributed by atoms with E-state index < -0.39 is 12.8 Å². The minimum Gasteiger partial charge on any atom is -0.468 e. The highest BCUT2D eigenvalue weighted by molar-refractivity contribution is 5.75. The van der Waals surface area contributed by atoms with Crippen molar-refractivity contribution in [3.8, 4) is 5.88 Å². The van der Waals surface area contributed by atoms with Crippen LogP contribution in [0.3, 0.4) is 0 Å². The Hall–Kier alpha value is -2.71. The molecule has 1 aliphatic heterocycles. The van der Waals surface area contributed by atoms with Gasteiger partial charge in [-0.25, -0.2) is 9.78 Å². The Labute approximate surface area is 154 Å². The van der Waals surface area contributed by atoms with Crippen molar-refractivity contribution in [2.45, 2.75) is 31.6 Å². The van der Waals surface area contributed by atoms with Gasteiger partial charge in [-0.1, -0.05) is 6.07 Å². The maximum absolute atomic E-state index is 12.6. The molecule has 6 nitrogen and oxygen atoms in total. The van der Waals surface area contributed by atoms with Gasteiger partial charge in [0.05, 0.1) is 6.04 Å². The lowest BCUT2D eigenvalue weighted by Crippen LogP contribution is -2.39. The molecule has 3 heterocycles. The van der Waals surface area contributed by atoms with Crippen molar-refractivity contribution < 1.29 is 22.7 Å². The summed E-state index contributed by atoms with van der Waals surface area (Å²) >= 11 is 0. The number of amides is 2. The minimum absolute atomic E-state index is 0.0140. The Kier molecular flexibility index (Phi) is 5.57. The van der Waals surface area contributed by atoms with Crippen molar-refractivity contribution in [2.75, 3.05) is 13.2 Å². The smallest absolute Gasteiger partial charge is 0.422 e. The molecule has 1 unspecified atom stereocenters. The van der Waals surface area contributed by atoms with Crippen molar-refractivity contribution in [1.29, 1.82) is 0 Å². The Morgan fingerprint density at radius 3 is 2.89 bits per heavy atom. The molecule has 1 atom stereocenters. The Morgan fingerprint density at radius 2 is 2.19 bits per heavy atom. The topological polar surface area (TPSA) is 59.4 Å². The van der Waals surface area contributed by atoms with Gasteiger partial charge in [-0.2, -0.15) is 13.2 Å². The van der Waals surface area contributed by atoms with Crippen LogP contribution in [0.2, 0.25) is 0 Å². The third kappa shape index (κ3) is 4.72. The second-order valence-electron chi connectivity index (χ2n) is 6.43. The molecule has 3 rings (SSSR count). The molecule has 0 aliphatic carbocycles. The summed E-state index contributed by atoms with van der Waals surface area (Å²) in [6.07, 6.45) is 0.608. The molecule has 9 heteroatoms. The number of nitrogens with zero attached hydrogens (tertiary/aromatic N) is 3. The van der Waals surface area contributed by atoms with E-state index in [0.717, 1.165) is 18.5 Å². The molecule has 1 saturated heterocycles. The lowest BCUT2D eigenvalue weighted by atomic mass is 10.1. The molecule has 0 saturated carbocycles. The largest absolute Gasteiger partial charge is 0.468 e. The van der Waals surface area contributed by atoms with Gasteiger partial charge < -0.3 is 19.5 Å². The predicted molar refractivity (Wildman–Crippen MR) is 92.1 cm³/mol. The summed E-state index contributed by atoms with van der Waals surface area (Å²) in [6.45, 7) is -0.755. The Morgan fingerprint density at radius 1 is 1.37 bits per heavy atom. The van der Waals surface area contributed by atoms with Gasteiger partial charge in [0.15, 0.2) is 6.61 Å². The number of halogens is 3. The molecule has 0 radical (unpaired) electrons. The number of hydrogen-bond donors (Lipinski definition) is 1. The zero-order valence-electron chi connectivity index (χ0n) is 14.9. The average Bonchev–Trinajstić information content (AvgIpc) is 3.26. The molecule has 27 heavy (non-hydrogen) atoms. The second-order valence-corrected chi connectivity index (χ2v) is 6.43. The number of carbonyl (C=O) groups excluding carboxylic acids is 1. The monoisotopic (exact) mass is 382 g/mol. The highest BCUT2D eigenvalue weighted by Gasteiger charge is 2.32. The van der Waals surface area contributed by atoms with Crippen LogP contribution in [0.4, 0.5) is 18.0 Å². The van der Waals surface area contributed by atoms with E-state index in [1.165, 1.54) is 6.20 Å². The first-order chi connectivity index (χ1) is 12.8. The number of pyridine rings is 1. The molecule has 2 amide bonds. The molecule has 0 aromatic carbocycles. The number of carbonyl (C=O) groups is 1. The summed E-state index contributed by atoms with van der Waals surface area (Å²) in [7, 11) is 1.93. The highest BCUT2D eigenvalue weighted by atomic mass is 19.4. The number of hydrogen-bond acceptors (Lipinski definition) is 3. The fraction of sp³-hybridized carbons (Fsp3) is 0.444. The van der Waals surface area contributed by atoms with Gasteiger partial charge in [0.25, 0.3) is 0 Å². The first-order valence-corrected chi connectivity index (χ1v) is 8.64. The number of urea groups is 1. The summed E-state index contributed by atoms with van der Waals surface area (Å²) in [6, 6.07) is 6.82. The highest BCUT2D eigenvalue weighted by Crippen LogP contribution is 2.32. The first-order valence-electron chi connectivity index (χ1n) is 8.64. The number of aromatic nitrogens is 2. The number of ether oxygens (including phenoxy) is 1. The molecule has 2 aromatic heterocycles. The number of likely N-dealkylation sites (tertiary alicyclic amines) is 1. The van der Waals surface area contributed by atoms with E-state index in [-0.39, 0.29) is 24.5 Å². The van der Waals surface area contributed by atoms with Crippen LogP contribution in [0.5, 0.6) is 5.88 Å². The van der Waals surface area contributed by atoms with Crippen LogP contribution >= 0.6 is 0 Å². The van der Waals surface area contributed by atoms with Crippen molar-refractivity contribution in [1.82, 2.24) is 19.8 Å². The molecule has 0 spiro atoms. The summed E-state index contributed by atoms with van der Waals surface area (Å²) in [4.78, 5) is 18.2. The van der Waals surface area contributed by atoms with Crippen molar-refractivity contribution in [3.05, 3.63) is 47.9 Å². The van der Waals surface area contributed by atoms with E-state index in [1.54, 1.807) is 17.0 Å². The van der Waals surface area contributed by atoms with Gasteiger partial charge in [0.1, 0.15) is 0 Å². The van der Waals surface area contributed by atoms with E-state index in [4.69, 9.17) is 4.74 Å². The van der Waals surface area contributed by atoms with E-state index in [9.17, 15) is 18.0 Å². The molecule has 146 valence electrons. The summed E-state index contributed by atoms with van der Waals surface area (Å²) in [5.41, 5.74) is 1.45. The Bertz CT molecular complexity index is 791. The van der Waals surface area contributed by atoms with E-state index in [1.807, 2.05) is 29.9 Å². The normalized spacial score (nSPS) is 17.2. The second kappa shape index (κ2) is 7.89. The lowest BCUT2D eigenvalue weighted by molar-refractivity contribution is -0.154. The van der Waals surface area contributed by atoms with Crippen LogP contribution in [0.1, 0.15) is 30.1 Å².